The lowest BCUT2D eigenvalue weighted by Crippen LogP contribution is -2.43. The van der Waals surface area contributed by atoms with Crippen molar-refractivity contribution in [2.75, 3.05) is 19.0 Å². The topological polar surface area (TPSA) is 79.6 Å². The van der Waals surface area contributed by atoms with E-state index in [9.17, 15) is 9.90 Å². The fraction of sp³-hybridized carbons (Fsp3) is 0.545. The molecular weight excluding hydrogens is 368 g/mol. The second-order valence-electron chi connectivity index (χ2n) is 7.94. The molecule has 1 aromatic carbocycles. The Balaban J connectivity index is 1.74. The first-order valence-corrected chi connectivity index (χ1v) is 10.2. The van der Waals surface area contributed by atoms with Crippen LogP contribution in [0.1, 0.15) is 42.6 Å². The summed E-state index contributed by atoms with van der Waals surface area (Å²) in [4.78, 5) is 15.1. The highest BCUT2D eigenvalue weighted by molar-refractivity contribution is 5.93. The van der Waals surface area contributed by atoms with Gasteiger partial charge >= 0.3 is 0 Å². The van der Waals surface area contributed by atoms with E-state index in [0.717, 1.165) is 54.1 Å². The van der Waals surface area contributed by atoms with Crippen molar-refractivity contribution < 1.29 is 14.6 Å². The molecule has 0 saturated heterocycles. The number of nitrogens with zero attached hydrogens (tertiary/aromatic N) is 3. The molecule has 1 amide bonds. The van der Waals surface area contributed by atoms with E-state index in [4.69, 9.17) is 4.74 Å². The molecule has 3 rings (SSSR count). The molecule has 0 bridgehead atoms. The van der Waals surface area contributed by atoms with Gasteiger partial charge in [0.05, 0.1) is 36.8 Å². The summed E-state index contributed by atoms with van der Waals surface area (Å²) in [6.07, 6.45) is 3.12. The molecule has 1 aliphatic carbocycles. The molecule has 0 spiro atoms. The first kappa shape index (κ1) is 21.3. The molecule has 0 unspecified atom stereocenters. The van der Waals surface area contributed by atoms with Crippen molar-refractivity contribution in [1.29, 1.82) is 0 Å². The second kappa shape index (κ2) is 9.41. The Morgan fingerprint density at radius 1 is 1.31 bits per heavy atom. The van der Waals surface area contributed by atoms with Crippen LogP contribution < -0.4 is 10.1 Å². The van der Waals surface area contributed by atoms with Crippen LogP contribution in [0.4, 0.5) is 5.69 Å². The quantitative estimate of drug-likeness (QED) is 0.747. The zero-order valence-electron chi connectivity index (χ0n) is 17.8. The number of amides is 1. The maximum Gasteiger partial charge on any atom is 0.238 e. The molecule has 1 aromatic heterocycles. The first-order valence-electron chi connectivity index (χ1n) is 10.2. The van der Waals surface area contributed by atoms with Gasteiger partial charge in [-0.15, -0.1) is 0 Å². The third-order valence-corrected chi connectivity index (χ3v) is 5.82. The van der Waals surface area contributed by atoms with E-state index in [1.54, 1.807) is 11.8 Å². The average Bonchev–Trinajstić information content (AvgIpc) is 2.94. The van der Waals surface area contributed by atoms with Gasteiger partial charge in [-0.3, -0.25) is 14.4 Å². The number of aromatic nitrogens is 2. The number of anilines is 1. The number of rotatable bonds is 7. The van der Waals surface area contributed by atoms with Crippen molar-refractivity contribution in [1.82, 2.24) is 14.7 Å². The molecule has 2 N–H and O–H groups in total. The summed E-state index contributed by atoms with van der Waals surface area (Å²) >= 11 is 0. The van der Waals surface area contributed by atoms with Crippen LogP contribution in [0.2, 0.25) is 0 Å². The minimum absolute atomic E-state index is 0.0433. The molecule has 0 radical (unpaired) electrons. The summed E-state index contributed by atoms with van der Waals surface area (Å²) in [5.41, 5.74) is 3.66. The molecule has 0 atom stereocenters. The van der Waals surface area contributed by atoms with Crippen LogP contribution in [-0.2, 0) is 18.4 Å². The highest BCUT2D eigenvalue weighted by atomic mass is 16.5. The molecule has 7 nitrogen and oxygen atoms in total. The summed E-state index contributed by atoms with van der Waals surface area (Å²) in [6, 6.07) is 8.23. The minimum Gasteiger partial charge on any atom is -0.497 e. The van der Waals surface area contributed by atoms with Gasteiger partial charge in [-0.05, 0) is 57.2 Å². The normalized spacial score (nSPS) is 19.4. The van der Waals surface area contributed by atoms with Gasteiger partial charge in [-0.2, -0.15) is 5.10 Å². The Kier molecular flexibility index (Phi) is 6.92. The molecule has 158 valence electrons. The summed E-state index contributed by atoms with van der Waals surface area (Å²) in [6.45, 7) is 4.81. The van der Waals surface area contributed by atoms with Crippen LogP contribution in [0.3, 0.4) is 0 Å². The van der Waals surface area contributed by atoms with Gasteiger partial charge in [-0.1, -0.05) is 12.1 Å². The predicted octanol–water partition coefficient (Wildman–Crippen LogP) is 2.79. The Morgan fingerprint density at radius 3 is 2.66 bits per heavy atom. The summed E-state index contributed by atoms with van der Waals surface area (Å²) < 4.78 is 7.12. The van der Waals surface area contributed by atoms with Crippen molar-refractivity contribution in [2.45, 2.75) is 58.2 Å². The standard InChI is InChI=1S/C22H32N4O3/c1-15-22(16(2)25(3)24-15)23-21(28)14-26(18-8-10-19(27)11-9-18)13-17-6-5-7-20(12-17)29-4/h5-7,12,18-19,27H,8-11,13-14H2,1-4H3,(H,23,28). The van der Waals surface area contributed by atoms with E-state index in [1.165, 1.54) is 0 Å². The number of aryl methyl sites for hydroxylation is 2. The van der Waals surface area contributed by atoms with Crippen LogP contribution in [-0.4, -0.2) is 51.5 Å². The monoisotopic (exact) mass is 400 g/mol. The molecule has 7 heteroatoms. The molecular formula is C22H32N4O3. The molecule has 2 aromatic rings. The van der Waals surface area contributed by atoms with Gasteiger partial charge in [0.2, 0.25) is 5.91 Å². The maximum absolute atomic E-state index is 12.9. The van der Waals surface area contributed by atoms with Gasteiger partial charge in [0.1, 0.15) is 5.75 Å². The molecule has 1 heterocycles. The lowest BCUT2D eigenvalue weighted by Gasteiger charge is -2.35. The largest absolute Gasteiger partial charge is 0.497 e. The number of ether oxygens (including phenoxy) is 1. The summed E-state index contributed by atoms with van der Waals surface area (Å²) in [7, 11) is 3.53. The molecule has 0 aliphatic heterocycles. The smallest absolute Gasteiger partial charge is 0.238 e. The highest BCUT2D eigenvalue weighted by Gasteiger charge is 2.27. The Bertz CT molecular complexity index is 841. The van der Waals surface area contributed by atoms with E-state index in [0.29, 0.717) is 13.1 Å². The summed E-state index contributed by atoms with van der Waals surface area (Å²) in [5.74, 6) is 0.769. The third kappa shape index (κ3) is 5.36. The number of hydrogen-bond donors (Lipinski definition) is 2. The highest BCUT2D eigenvalue weighted by Crippen LogP contribution is 2.26. The van der Waals surface area contributed by atoms with E-state index < -0.39 is 0 Å². The van der Waals surface area contributed by atoms with E-state index in [1.807, 2.05) is 39.1 Å². The Morgan fingerprint density at radius 2 is 2.03 bits per heavy atom. The fourth-order valence-corrected chi connectivity index (χ4v) is 4.06. The number of nitrogens with one attached hydrogen (secondary N) is 1. The van der Waals surface area contributed by atoms with Crippen LogP contribution in [0, 0.1) is 13.8 Å². The first-order chi connectivity index (χ1) is 13.9. The van der Waals surface area contributed by atoms with Gasteiger partial charge in [0.15, 0.2) is 0 Å². The number of hydrogen-bond acceptors (Lipinski definition) is 5. The van der Waals surface area contributed by atoms with Gasteiger partial charge < -0.3 is 15.2 Å². The molecule has 1 saturated carbocycles. The average molecular weight is 401 g/mol. The van der Waals surface area contributed by atoms with Crippen molar-refractivity contribution in [3.05, 3.63) is 41.2 Å². The van der Waals surface area contributed by atoms with Crippen LogP contribution >= 0.6 is 0 Å². The number of methoxy groups -OCH3 is 1. The predicted molar refractivity (Wildman–Crippen MR) is 113 cm³/mol. The van der Waals surface area contributed by atoms with Crippen molar-refractivity contribution in [3.8, 4) is 5.75 Å². The van der Waals surface area contributed by atoms with Crippen LogP contribution in [0.15, 0.2) is 24.3 Å². The van der Waals surface area contributed by atoms with Crippen LogP contribution in [0.5, 0.6) is 5.75 Å². The lowest BCUT2D eigenvalue weighted by molar-refractivity contribution is -0.118. The molecule has 1 aliphatic rings. The fourth-order valence-electron chi connectivity index (χ4n) is 4.06. The zero-order chi connectivity index (χ0) is 21.0. The third-order valence-electron chi connectivity index (χ3n) is 5.82. The Hall–Kier alpha value is -2.38. The number of aliphatic hydroxyl groups excluding tert-OH is 1. The minimum atomic E-state index is -0.223. The van der Waals surface area contributed by atoms with E-state index >= 15 is 0 Å². The Labute approximate surface area is 172 Å². The van der Waals surface area contributed by atoms with Crippen LogP contribution in [0.25, 0.3) is 0 Å². The van der Waals surface area contributed by atoms with E-state index in [2.05, 4.69) is 21.4 Å². The molecule has 29 heavy (non-hydrogen) atoms. The second-order valence-corrected chi connectivity index (χ2v) is 7.94. The number of benzene rings is 1. The van der Waals surface area contributed by atoms with Gasteiger partial charge in [0.25, 0.3) is 0 Å². The van der Waals surface area contributed by atoms with Gasteiger partial charge in [0, 0.05) is 19.6 Å². The lowest BCUT2D eigenvalue weighted by atomic mass is 9.91. The summed E-state index contributed by atoms with van der Waals surface area (Å²) in [5, 5.41) is 17.3. The van der Waals surface area contributed by atoms with E-state index in [-0.39, 0.29) is 18.1 Å². The van der Waals surface area contributed by atoms with Crippen molar-refractivity contribution >= 4 is 11.6 Å². The SMILES string of the molecule is COc1cccc(CN(CC(=O)Nc2c(C)nn(C)c2C)C2CCC(O)CC2)c1. The number of aliphatic hydroxyl groups is 1. The van der Waals surface area contributed by atoms with Crippen molar-refractivity contribution in [2.24, 2.45) is 7.05 Å². The number of carbonyl (C=O) groups excluding carboxylic acids is 1. The van der Waals surface area contributed by atoms with Crippen molar-refractivity contribution in [3.63, 3.8) is 0 Å². The zero-order valence-corrected chi connectivity index (χ0v) is 17.8. The molecule has 1 fully saturated rings. The van der Waals surface area contributed by atoms with Gasteiger partial charge in [-0.25, -0.2) is 0 Å². The maximum atomic E-state index is 12.9. The number of carbonyl (C=O) groups is 1.